The maximum absolute atomic E-state index is 12.2. The first kappa shape index (κ1) is 16.7. The molecule has 2 aromatic carbocycles. The summed E-state index contributed by atoms with van der Waals surface area (Å²) in [5, 5.41) is 13.4. The average molecular weight is 377 g/mol. The van der Waals surface area contributed by atoms with Crippen LogP contribution in [0.2, 0.25) is 0 Å². The Bertz CT molecular complexity index is 760. The lowest BCUT2D eigenvalue weighted by molar-refractivity contribution is -0.384. The summed E-state index contributed by atoms with van der Waals surface area (Å²) in [6.07, 6.45) is 1.67. The average Bonchev–Trinajstić information content (AvgIpc) is 2.55. The van der Waals surface area contributed by atoms with Crippen molar-refractivity contribution in [3.63, 3.8) is 0 Å². The second-order valence-electron chi connectivity index (χ2n) is 4.50. The van der Waals surface area contributed by atoms with Crippen LogP contribution in [0.4, 0.5) is 11.4 Å². The molecule has 1 N–H and O–H groups in total. The van der Waals surface area contributed by atoms with Crippen molar-refractivity contribution in [2.24, 2.45) is 0 Å². The number of hydrogen-bond acceptors (Lipinski definition) is 4. The van der Waals surface area contributed by atoms with Crippen molar-refractivity contribution >= 4 is 39.3 Å². The molecule has 2 rings (SSSR count). The number of non-ortho nitro benzene ring substituents is 1. The van der Waals surface area contributed by atoms with Crippen molar-refractivity contribution in [1.82, 2.24) is 0 Å². The Morgan fingerprint density at radius 2 is 1.96 bits per heavy atom. The van der Waals surface area contributed by atoms with Gasteiger partial charge in [-0.15, -0.1) is 0 Å². The van der Waals surface area contributed by atoms with Gasteiger partial charge >= 0.3 is 0 Å². The number of carbonyl (C=O) groups is 1. The van der Waals surface area contributed by atoms with Crippen LogP contribution in [-0.2, 0) is 4.79 Å². The van der Waals surface area contributed by atoms with Gasteiger partial charge in [-0.2, -0.15) is 0 Å². The highest BCUT2D eigenvalue weighted by molar-refractivity contribution is 9.12. The fourth-order valence-electron chi connectivity index (χ4n) is 1.84. The van der Waals surface area contributed by atoms with E-state index in [0.29, 0.717) is 10.2 Å². The number of halogens is 1. The predicted molar refractivity (Wildman–Crippen MR) is 91.6 cm³/mol. The number of nitrogens with zero attached hydrogens (tertiary/aromatic N) is 1. The number of methoxy groups -OCH3 is 1. The van der Waals surface area contributed by atoms with Gasteiger partial charge < -0.3 is 10.1 Å². The number of hydrogen-bond donors (Lipinski definition) is 1. The SMILES string of the molecule is COc1cc([N+](=O)[O-])ccc1NC(=O)C(Br)=Cc1ccccc1. The van der Waals surface area contributed by atoms with E-state index >= 15 is 0 Å². The molecule has 0 fully saturated rings. The quantitative estimate of drug-likeness (QED) is 0.486. The second kappa shape index (κ2) is 7.55. The van der Waals surface area contributed by atoms with E-state index in [1.54, 1.807) is 6.08 Å². The highest BCUT2D eigenvalue weighted by Gasteiger charge is 2.14. The molecule has 2 aromatic rings. The van der Waals surface area contributed by atoms with Crippen LogP contribution in [0, 0.1) is 10.1 Å². The van der Waals surface area contributed by atoms with Crippen LogP contribution in [0.15, 0.2) is 53.0 Å². The molecular formula is C16H13BrN2O4. The third kappa shape index (κ3) is 4.40. The first-order valence-corrected chi connectivity index (χ1v) is 7.36. The lowest BCUT2D eigenvalue weighted by atomic mass is 10.2. The number of amides is 1. The molecule has 6 nitrogen and oxygen atoms in total. The van der Waals surface area contributed by atoms with Gasteiger partial charge in [-0.1, -0.05) is 30.3 Å². The van der Waals surface area contributed by atoms with E-state index in [4.69, 9.17) is 4.74 Å². The summed E-state index contributed by atoms with van der Waals surface area (Å²) in [7, 11) is 1.38. The number of carbonyl (C=O) groups excluding carboxylic acids is 1. The van der Waals surface area contributed by atoms with Crippen LogP contribution < -0.4 is 10.1 Å². The van der Waals surface area contributed by atoms with E-state index in [9.17, 15) is 14.9 Å². The number of benzene rings is 2. The Morgan fingerprint density at radius 1 is 1.26 bits per heavy atom. The maximum Gasteiger partial charge on any atom is 0.273 e. The molecule has 118 valence electrons. The van der Waals surface area contributed by atoms with Crippen molar-refractivity contribution in [3.8, 4) is 5.75 Å². The largest absolute Gasteiger partial charge is 0.494 e. The molecule has 0 unspecified atom stereocenters. The summed E-state index contributed by atoms with van der Waals surface area (Å²) in [6.45, 7) is 0. The number of ether oxygens (including phenoxy) is 1. The summed E-state index contributed by atoms with van der Waals surface area (Å²) < 4.78 is 5.40. The molecule has 0 saturated carbocycles. The summed E-state index contributed by atoms with van der Waals surface area (Å²) in [5.74, 6) is -0.173. The molecule has 7 heteroatoms. The van der Waals surface area contributed by atoms with Crippen LogP contribution in [0.25, 0.3) is 6.08 Å². The van der Waals surface area contributed by atoms with Crippen molar-refractivity contribution in [1.29, 1.82) is 0 Å². The van der Waals surface area contributed by atoms with E-state index in [0.717, 1.165) is 5.56 Å². The van der Waals surface area contributed by atoms with Gasteiger partial charge in [-0.3, -0.25) is 14.9 Å². The van der Waals surface area contributed by atoms with E-state index in [1.807, 2.05) is 30.3 Å². The zero-order chi connectivity index (χ0) is 16.8. The Hall–Kier alpha value is -2.67. The second-order valence-corrected chi connectivity index (χ2v) is 5.35. The zero-order valence-electron chi connectivity index (χ0n) is 12.2. The lowest BCUT2D eigenvalue weighted by Crippen LogP contribution is -2.12. The van der Waals surface area contributed by atoms with Gasteiger partial charge in [0.05, 0.1) is 28.3 Å². The van der Waals surface area contributed by atoms with Gasteiger partial charge in [-0.05, 0) is 33.6 Å². The van der Waals surface area contributed by atoms with Crippen LogP contribution in [0.3, 0.4) is 0 Å². The third-order valence-corrected chi connectivity index (χ3v) is 3.54. The van der Waals surface area contributed by atoms with Crippen LogP contribution >= 0.6 is 15.9 Å². The monoisotopic (exact) mass is 376 g/mol. The molecule has 0 heterocycles. The summed E-state index contributed by atoms with van der Waals surface area (Å²) in [4.78, 5) is 22.4. The molecule has 0 radical (unpaired) electrons. The lowest BCUT2D eigenvalue weighted by Gasteiger charge is -2.09. The van der Waals surface area contributed by atoms with E-state index in [-0.39, 0.29) is 17.3 Å². The minimum absolute atomic E-state index is 0.112. The van der Waals surface area contributed by atoms with Crippen molar-refractivity contribution in [2.75, 3.05) is 12.4 Å². The predicted octanol–water partition coefficient (Wildman–Crippen LogP) is 3.98. The number of nitrogens with one attached hydrogen (secondary N) is 1. The van der Waals surface area contributed by atoms with Crippen molar-refractivity contribution in [2.45, 2.75) is 0 Å². The van der Waals surface area contributed by atoms with Crippen LogP contribution in [-0.4, -0.2) is 17.9 Å². The molecule has 0 aliphatic carbocycles. The Labute approximate surface area is 141 Å². The topological polar surface area (TPSA) is 81.5 Å². The summed E-state index contributed by atoms with van der Waals surface area (Å²) in [5.41, 5.74) is 1.10. The zero-order valence-corrected chi connectivity index (χ0v) is 13.7. The van der Waals surface area contributed by atoms with Gasteiger partial charge in [0.2, 0.25) is 0 Å². The minimum atomic E-state index is -0.528. The smallest absolute Gasteiger partial charge is 0.273 e. The van der Waals surface area contributed by atoms with E-state index in [2.05, 4.69) is 21.2 Å². The highest BCUT2D eigenvalue weighted by atomic mass is 79.9. The van der Waals surface area contributed by atoms with Gasteiger partial charge in [-0.25, -0.2) is 0 Å². The molecule has 0 saturated heterocycles. The van der Waals surface area contributed by atoms with Crippen molar-refractivity contribution < 1.29 is 14.5 Å². The molecule has 0 spiro atoms. The first-order chi connectivity index (χ1) is 11.0. The molecule has 1 amide bonds. The molecule has 0 aromatic heterocycles. The standard InChI is InChI=1S/C16H13BrN2O4/c1-23-15-10-12(19(21)22)7-8-14(15)18-16(20)13(17)9-11-5-3-2-4-6-11/h2-10H,1H3,(H,18,20). The Morgan fingerprint density at radius 3 is 2.57 bits per heavy atom. The van der Waals surface area contributed by atoms with Gasteiger partial charge in [0.15, 0.2) is 0 Å². The molecule has 0 aliphatic rings. The van der Waals surface area contributed by atoms with Gasteiger partial charge in [0.25, 0.3) is 11.6 Å². The number of nitro groups is 1. The first-order valence-electron chi connectivity index (χ1n) is 6.57. The third-order valence-electron chi connectivity index (χ3n) is 2.95. The Kier molecular flexibility index (Phi) is 5.48. The van der Waals surface area contributed by atoms with Crippen LogP contribution in [0.1, 0.15) is 5.56 Å². The fraction of sp³-hybridized carbons (Fsp3) is 0.0625. The molecule has 0 bridgehead atoms. The van der Waals surface area contributed by atoms with Gasteiger partial charge in [0, 0.05) is 6.07 Å². The van der Waals surface area contributed by atoms with E-state index < -0.39 is 4.92 Å². The number of nitro benzene ring substituents is 1. The summed E-state index contributed by atoms with van der Waals surface area (Å²) in [6, 6.07) is 13.3. The molecule has 0 atom stereocenters. The number of rotatable bonds is 5. The van der Waals surface area contributed by atoms with Crippen LogP contribution in [0.5, 0.6) is 5.75 Å². The molecule has 23 heavy (non-hydrogen) atoms. The Balaban J connectivity index is 2.20. The summed E-state index contributed by atoms with van der Waals surface area (Å²) >= 11 is 3.22. The maximum atomic E-state index is 12.2. The fourth-order valence-corrected chi connectivity index (χ4v) is 2.20. The number of anilines is 1. The van der Waals surface area contributed by atoms with E-state index in [1.165, 1.54) is 25.3 Å². The molecular weight excluding hydrogens is 364 g/mol. The normalized spacial score (nSPS) is 11.0. The van der Waals surface area contributed by atoms with Gasteiger partial charge in [0.1, 0.15) is 5.75 Å². The van der Waals surface area contributed by atoms with Crippen molar-refractivity contribution in [3.05, 3.63) is 68.7 Å². The molecule has 0 aliphatic heterocycles. The minimum Gasteiger partial charge on any atom is -0.494 e. The highest BCUT2D eigenvalue weighted by Crippen LogP contribution is 2.29.